The number of hydrogen-bond donors (Lipinski definition) is 2. The molecule has 0 amide bonds. The second-order valence-corrected chi connectivity index (χ2v) is 8.91. The van der Waals surface area contributed by atoms with Crippen LogP contribution in [0.5, 0.6) is 0 Å². The summed E-state index contributed by atoms with van der Waals surface area (Å²) in [5.41, 5.74) is 4.29. The van der Waals surface area contributed by atoms with E-state index in [4.69, 9.17) is 5.26 Å². The average molecular weight is 355 g/mol. The number of nitrogens with one attached hydrogen (secondary N) is 2. The highest BCUT2D eigenvalue weighted by atomic mass is 32.2. The first kappa shape index (κ1) is 17.3. The van der Waals surface area contributed by atoms with Crippen LogP contribution in [0.1, 0.15) is 43.0 Å². The number of sulfonamides is 1. The van der Waals surface area contributed by atoms with Crippen LogP contribution in [0.2, 0.25) is 0 Å². The van der Waals surface area contributed by atoms with E-state index in [9.17, 15) is 8.42 Å². The molecule has 5 nitrogen and oxygen atoms in total. The molecule has 0 spiro atoms. The zero-order valence-corrected chi connectivity index (χ0v) is 15.3. The molecule has 1 heterocycles. The Hall–Kier alpha value is -2.52. The zero-order chi connectivity index (χ0) is 18.2. The first-order valence-corrected chi connectivity index (χ1v) is 9.96. The first-order valence-electron chi connectivity index (χ1n) is 8.07. The van der Waals surface area contributed by atoms with Gasteiger partial charge in [0.1, 0.15) is 0 Å². The van der Waals surface area contributed by atoms with E-state index in [0.29, 0.717) is 11.3 Å². The smallest absolute Gasteiger partial charge is 0.229 e. The van der Waals surface area contributed by atoms with Crippen molar-refractivity contribution in [2.24, 2.45) is 0 Å². The Balaban J connectivity index is 1.95. The number of nitrogens with zero attached hydrogens (tertiary/aromatic N) is 1. The molecule has 1 unspecified atom stereocenters. The second-order valence-electron chi connectivity index (χ2n) is 7.16. The highest BCUT2D eigenvalue weighted by molar-refractivity contribution is 7.92. The van der Waals surface area contributed by atoms with Gasteiger partial charge in [0.15, 0.2) is 0 Å². The Bertz CT molecular complexity index is 959. The quantitative estimate of drug-likeness (QED) is 0.878. The lowest BCUT2D eigenvalue weighted by Crippen LogP contribution is -2.31. The van der Waals surface area contributed by atoms with Crippen molar-refractivity contribution in [1.29, 1.82) is 5.26 Å². The summed E-state index contributed by atoms with van der Waals surface area (Å²) in [4.78, 5) is 0. The Labute approximate surface area is 148 Å². The van der Waals surface area contributed by atoms with E-state index < -0.39 is 10.0 Å². The van der Waals surface area contributed by atoms with Crippen molar-refractivity contribution in [3.05, 3.63) is 59.2 Å². The maximum Gasteiger partial charge on any atom is 0.229 e. The highest BCUT2D eigenvalue weighted by Crippen LogP contribution is 2.44. The Morgan fingerprint density at radius 2 is 2.00 bits per heavy atom. The van der Waals surface area contributed by atoms with Gasteiger partial charge >= 0.3 is 0 Å². The van der Waals surface area contributed by atoms with E-state index in [-0.39, 0.29) is 11.5 Å². The molecular formula is C19H21N3O2S. The fourth-order valence-corrected chi connectivity index (χ4v) is 3.95. The van der Waals surface area contributed by atoms with Gasteiger partial charge < -0.3 is 5.32 Å². The third kappa shape index (κ3) is 3.77. The van der Waals surface area contributed by atoms with Crippen molar-refractivity contribution in [3.63, 3.8) is 0 Å². The standard InChI is InChI=1S/C19H21N3O2S/c1-19(2)11-18(21-17-8-7-13(12-20)9-16(17)19)14-5-4-6-15(10-14)22-25(3,23)24/h4-10,18,21-22H,11H2,1-3H3. The molecule has 2 aromatic carbocycles. The number of anilines is 2. The summed E-state index contributed by atoms with van der Waals surface area (Å²) in [7, 11) is -3.30. The van der Waals surface area contributed by atoms with E-state index >= 15 is 0 Å². The fraction of sp³-hybridized carbons (Fsp3) is 0.316. The fourth-order valence-electron chi connectivity index (χ4n) is 3.39. The summed E-state index contributed by atoms with van der Waals surface area (Å²) in [6.45, 7) is 4.33. The number of fused-ring (bicyclic) bond motifs is 1. The predicted molar refractivity (Wildman–Crippen MR) is 100 cm³/mol. The van der Waals surface area contributed by atoms with Gasteiger partial charge in [0.2, 0.25) is 10.0 Å². The van der Waals surface area contributed by atoms with Crippen LogP contribution in [-0.4, -0.2) is 14.7 Å². The molecule has 0 fully saturated rings. The van der Waals surface area contributed by atoms with Gasteiger partial charge in [-0.2, -0.15) is 5.26 Å². The molecule has 0 bridgehead atoms. The molecule has 1 aliphatic heterocycles. The first-order chi connectivity index (χ1) is 11.7. The Kier molecular flexibility index (Phi) is 4.21. The molecule has 2 aromatic rings. The van der Waals surface area contributed by atoms with Crippen LogP contribution in [0.15, 0.2) is 42.5 Å². The Morgan fingerprint density at radius 1 is 1.24 bits per heavy atom. The Morgan fingerprint density at radius 3 is 2.68 bits per heavy atom. The van der Waals surface area contributed by atoms with Gasteiger partial charge in [-0.1, -0.05) is 26.0 Å². The van der Waals surface area contributed by atoms with Gasteiger partial charge in [0, 0.05) is 11.4 Å². The van der Waals surface area contributed by atoms with E-state index in [0.717, 1.165) is 29.5 Å². The van der Waals surface area contributed by atoms with Crippen LogP contribution in [0.25, 0.3) is 0 Å². The molecule has 1 aliphatic rings. The molecule has 0 saturated carbocycles. The van der Waals surface area contributed by atoms with Gasteiger partial charge in [-0.25, -0.2) is 8.42 Å². The monoisotopic (exact) mass is 355 g/mol. The normalized spacial score (nSPS) is 18.6. The van der Waals surface area contributed by atoms with Gasteiger partial charge in [-0.3, -0.25) is 4.72 Å². The van der Waals surface area contributed by atoms with E-state index in [1.165, 1.54) is 0 Å². The molecular weight excluding hydrogens is 334 g/mol. The molecule has 25 heavy (non-hydrogen) atoms. The summed E-state index contributed by atoms with van der Waals surface area (Å²) in [6.07, 6.45) is 1.99. The van der Waals surface area contributed by atoms with Crippen molar-refractivity contribution in [3.8, 4) is 6.07 Å². The van der Waals surface area contributed by atoms with Crippen molar-refractivity contribution < 1.29 is 8.42 Å². The summed E-state index contributed by atoms with van der Waals surface area (Å²) in [5, 5.41) is 12.7. The van der Waals surface area contributed by atoms with E-state index in [1.807, 2.05) is 36.4 Å². The molecule has 2 N–H and O–H groups in total. The largest absolute Gasteiger partial charge is 0.378 e. The van der Waals surface area contributed by atoms with Crippen molar-refractivity contribution in [2.45, 2.75) is 31.7 Å². The highest BCUT2D eigenvalue weighted by Gasteiger charge is 2.33. The molecule has 6 heteroatoms. The minimum Gasteiger partial charge on any atom is -0.378 e. The van der Waals surface area contributed by atoms with Gasteiger partial charge in [0.25, 0.3) is 0 Å². The average Bonchev–Trinajstić information content (AvgIpc) is 2.52. The number of benzene rings is 2. The van der Waals surface area contributed by atoms with Crippen molar-refractivity contribution in [1.82, 2.24) is 0 Å². The SMILES string of the molecule is CC1(C)CC(c2cccc(NS(C)(=O)=O)c2)Nc2ccc(C#N)cc21. The minimum absolute atomic E-state index is 0.0664. The van der Waals surface area contributed by atoms with Crippen LogP contribution in [0.3, 0.4) is 0 Å². The predicted octanol–water partition coefficient (Wildman–Crippen LogP) is 3.76. The van der Waals surface area contributed by atoms with Crippen molar-refractivity contribution in [2.75, 3.05) is 16.3 Å². The lowest BCUT2D eigenvalue weighted by atomic mass is 9.73. The maximum absolute atomic E-state index is 11.5. The summed E-state index contributed by atoms with van der Waals surface area (Å²) < 4.78 is 25.4. The van der Waals surface area contributed by atoms with Crippen molar-refractivity contribution >= 4 is 21.4 Å². The maximum atomic E-state index is 11.5. The van der Waals surface area contributed by atoms with Crippen LogP contribution in [0, 0.1) is 11.3 Å². The molecule has 130 valence electrons. The molecule has 0 aliphatic carbocycles. The van der Waals surface area contributed by atoms with E-state index in [1.54, 1.807) is 6.07 Å². The lowest BCUT2D eigenvalue weighted by Gasteiger charge is -2.39. The summed E-state index contributed by atoms with van der Waals surface area (Å²) in [5.74, 6) is 0. The molecule has 0 aromatic heterocycles. The number of nitriles is 1. The topological polar surface area (TPSA) is 82.0 Å². The summed E-state index contributed by atoms with van der Waals surface area (Å²) >= 11 is 0. The minimum atomic E-state index is -3.30. The summed E-state index contributed by atoms with van der Waals surface area (Å²) in [6, 6.07) is 15.4. The molecule has 3 rings (SSSR count). The third-order valence-electron chi connectivity index (χ3n) is 4.51. The van der Waals surface area contributed by atoms with Gasteiger partial charge in [0.05, 0.1) is 23.9 Å². The molecule has 0 radical (unpaired) electrons. The van der Waals surface area contributed by atoms with Gasteiger partial charge in [-0.15, -0.1) is 0 Å². The number of rotatable bonds is 3. The molecule has 0 saturated heterocycles. The van der Waals surface area contributed by atoms with Crippen LogP contribution < -0.4 is 10.0 Å². The number of hydrogen-bond acceptors (Lipinski definition) is 4. The third-order valence-corrected chi connectivity index (χ3v) is 5.12. The lowest BCUT2D eigenvalue weighted by molar-refractivity contribution is 0.427. The van der Waals surface area contributed by atoms with E-state index in [2.05, 4.69) is 30.0 Å². The van der Waals surface area contributed by atoms with Crippen LogP contribution in [-0.2, 0) is 15.4 Å². The van der Waals surface area contributed by atoms with Crippen LogP contribution >= 0.6 is 0 Å². The zero-order valence-electron chi connectivity index (χ0n) is 14.5. The molecule has 1 atom stereocenters. The second kappa shape index (κ2) is 6.08. The van der Waals surface area contributed by atoms with Gasteiger partial charge in [-0.05, 0) is 53.3 Å². The van der Waals surface area contributed by atoms with Crippen LogP contribution in [0.4, 0.5) is 11.4 Å².